The fraction of sp³-hybridized carbons (Fsp3) is 0.345. The number of anilines is 1. The minimum absolute atomic E-state index is 0.0818. The lowest BCUT2D eigenvalue weighted by Crippen LogP contribution is -2.43. The van der Waals surface area contributed by atoms with Crippen molar-refractivity contribution in [2.45, 2.75) is 26.7 Å². The van der Waals surface area contributed by atoms with Gasteiger partial charge in [-0.15, -0.1) is 0 Å². The highest BCUT2D eigenvalue weighted by Gasteiger charge is 2.17. The summed E-state index contributed by atoms with van der Waals surface area (Å²) in [5.74, 6) is -0.442. The number of nitrogens with one attached hydrogen (secondary N) is 1. The van der Waals surface area contributed by atoms with Crippen molar-refractivity contribution in [3.63, 3.8) is 0 Å². The summed E-state index contributed by atoms with van der Waals surface area (Å²) in [5.41, 5.74) is 4.68. The molecule has 0 atom stereocenters. The van der Waals surface area contributed by atoms with Gasteiger partial charge in [-0.3, -0.25) is 9.98 Å². The van der Waals surface area contributed by atoms with Gasteiger partial charge in [0.15, 0.2) is 0 Å². The average Bonchev–Trinajstić information content (AvgIpc) is 2.95. The zero-order valence-corrected chi connectivity index (χ0v) is 22.4. The number of urea groups is 1. The van der Waals surface area contributed by atoms with Gasteiger partial charge in [0, 0.05) is 44.7 Å². The molecule has 2 aromatic carbocycles. The lowest BCUT2D eigenvalue weighted by atomic mass is 10.1. The van der Waals surface area contributed by atoms with E-state index in [1.807, 2.05) is 62.5 Å². The second kappa shape index (κ2) is 16.1. The minimum atomic E-state index is -2.73. The van der Waals surface area contributed by atoms with Gasteiger partial charge in [-0.2, -0.15) is 8.78 Å². The number of halogens is 2. The van der Waals surface area contributed by atoms with E-state index in [0.717, 1.165) is 23.2 Å². The summed E-state index contributed by atoms with van der Waals surface area (Å²) >= 11 is 0. The smallest absolute Gasteiger partial charge is 0.321 e. The average molecular weight is 527 g/mol. The van der Waals surface area contributed by atoms with Crippen LogP contribution in [-0.4, -0.2) is 69.9 Å². The van der Waals surface area contributed by atoms with Crippen LogP contribution in [0.1, 0.15) is 30.5 Å². The normalized spacial score (nSPS) is 14.2. The first-order chi connectivity index (χ1) is 18.3. The molecule has 0 unspecified atom stereocenters. The maximum Gasteiger partial charge on any atom is 0.321 e. The van der Waals surface area contributed by atoms with Gasteiger partial charge in [-0.1, -0.05) is 56.0 Å². The number of carbonyl (C=O) groups excluding carboxylic acids is 1. The quantitative estimate of drug-likeness (QED) is 0.266. The van der Waals surface area contributed by atoms with E-state index in [-0.39, 0.29) is 11.8 Å². The number of nitrogens with zero attached hydrogens (tertiary/aromatic N) is 3. The van der Waals surface area contributed by atoms with E-state index >= 15 is 0 Å². The topological polar surface area (TPSA) is 75.5 Å². The highest BCUT2D eigenvalue weighted by molar-refractivity contribution is 6.10. The Bertz CT molecular complexity index is 1140. The van der Waals surface area contributed by atoms with Gasteiger partial charge in [0.1, 0.15) is 5.76 Å². The molecule has 0 spiro atoms. The van der Waals surface area contributed by atoms with E-state index in [4.69, 9.17) is 9.47 Å². The van der Waals surface area contributed by atoms with Crippen molar-refractivity contribution in [3.05, 3.63) is 77.9 Å². The molecule has 3 rings (SSSR count). The number of morpholine rings is 1. The van der Waals surface area contributed by atoms with Crippen LogP contribution in [0, 0.1) is 0 Å². The number of hydrogen-bond acceptors (Lipinski definition) is 5. The molecule has 1 N–H and O–H groups in total. The summed E-state index contributed by atoms with van der Waals surface area (Å²) < 4.78 is 35.0. The van der Waals surface area contributed by atoms with Gasteiger partial charge in [0.2, 0.25) is 0 Å². The number of alkyl halides is 2. The Morgan fingerprint density at radius 3 is 2.39 bits per heavy atom. The molecule has 9 heteroatoms. The van der Waals surface area contributed by atoms with E-state index in [9.17, 15) is 13.6 Å². The first-order valence-electron chi connectivity index (χ1n) is 12.4. The fourth-order valence-corrected chi connectivity index (χ4v) is 3.50. The highest BCUT2D eigenvalue weighted by Crippen LogP contribution is 2.19. The number of benzene rings is 2. The predicted octanol–water partition coefficient (Wildman–Crippen LogP) is 6.18. The van der Waals surface area contributed by atoms with Crippen LogP contribution < -0.4 is 5.32 Å². The zero-order chi connectivity index (χ0) is 27.9. The third-order valence-electron chi connectivity index (χ3n) is 5.64. The molecule has 0 aromatic heterocycles. The second-order valence-corrected chi connectivity index (χ2v) is 8.18. The molecule has 38 heavy (non-hydrogen) atoms. The lowest BCUT2D eigenvalue weighted by Gasteiger charge is -2.27. The molecular formula is C29H36F2N4O3. The van der Waals surface area contributed by atoms with Crippen molar-refractivity contribution in [2.24, 2.45) is 9.98 Å². The summed E-state index contributed by atoms with van der Waals surface area (Å²) in [4.78, 5) is 21.3. The Balaban J connectivity index is 0.000000273. The van der Waals surface area contributed by atoms with E-state index in [1.165, 1.54) is 12.6 Å². The van der Waals surface area contributed by atoms with Crippen molar-refractivity contribution >= 4 is 35.2 Å². The number of amides is 2. The van der Waals surface area contributed by atoms with Crippen molar-refractivity contribution in [3.8, 4) is 0 Å². The number of aryl methyl sites for hydroxylation is 1. The standard InChI is InChI=1S/C16H21N3O2.C13H15F2NO/c1-3-13(12-17-2)14-5-4-6-15(11-14)18-16(20)19-7-9-21-10-8-19;1-4-10-5-7-11(8-6-10)9(2)17-13(16-3)12(14)15/h3-6,11-12H,7-10H2,1-2H3,(H,18,20);5-8,12H,2,4H2,1,3H3/b13-3+,17-12?;. The van der Waals surface area contributed by atoms with Gasteiger partial charge >= 0.3 is 12.5 Å². The second-order valence-electron chi connectivity index (χ2n) is 8.18. The van der Waals surface area contributed by atoms with Gasteiger partial charge in [0.05, 0.1) is 13.2 Å². The first kappa shape index (κ1) is 30.4. The van der Waals surface area contributed by atoms with Crippen molar-refractivity contribution in [1.29, 1.82) is 0 Å². The number of aliphatic imine (C=N–C) groups is 2. The molecule has 1 fully saturated rings. The van der Waals surface area contributed by atoms with Crippen molar-refractivity contribution in [2.75, 3.05) is 45.7 Å². The Kier molecular flexibility index (Phi) is 12.9. The SMILES string of the molecule is C/C=C(\C=NC)c1cccc(NC(=O)N2CCOCC2)c1.C=C(OC(=NC)C(F)F)c1ccc(CC)cc1. The largest absolute Gasteiger partial charge is 0.438 e. The molecule has 204 valence electrons. The van der Waals surface area contributed by atoms with E-state index in [0.29, 0.717) is 31.9 Å². The van der Waals surface area contributed by atoms with Crippen LogP contribution in [0.2, 0.25) is 0 Å². The monoisotopic (exact) mass is 526 g/mol. The number of ether oxygens (including phenoxy) is 2. The molecule has 1 aliphatic heterocycles. The van der Waals surface area contributed by atoms with Crippen LogP contribution in [0.4, 0.5) is 19.3 Å². The third kappa shape index (κ3) is 9.55. The Labute approximate surface area is 223 Å². The van der Waals surface area contributed by atoms with E-state index in [2.05, 4.69) is 21.9 Å². The molecule has 7 nitrogen and oxygen atoms in total. The maximum atomic E-state index is 12.4. The summed E-state index contributed by atoms with van der Waals surface area (Å²) in [5, 5.41) is 2.93. The molecule has 1 heterocycles. The Morgan fingerprint density at radius 1 is 1.16 bits per heavy atom. The predicted molar refractivity (Wildman–Crippen MR) is 151 cm³/mol. The Morgan fingerprint density at radius 2 is 1.84 bits per heavy atom. The van der Waals surface area contributed by atoms with Crippen LogP contribution >= 0.6 is 0 Å². The fourth-order valence-electron chi connectivity index (χ4n) is 3.50. The number of allylic oxidation sites excluding steroid dienone is 2. The number of hydrogen-bond donors (Lipinski definition) is 1. The Hall–Kier alpha value is -3.85. The molecule has 2 aromatic rings. The number of carbonyl (C=O) groups is 1. The molecule has 0 saturated carbocycles. The van der Waals surface area contributed by atoms with Crippen LogP contribution in [-0.2, 0) is 15.9 Å². The summed E-state index contributed by atoms with van der Waals surface area (Å²) in [6.07, 6.45) is 2.00. The molecular weight excluding hydrogens is 490 g/mol. The molecule has 0 radical (unpaired) electrons. The highest BCUT2D eigenvalue weighted by atomic mass is 19.3. The number of rotatable bonds is 7. The molecule has 1 aliphatic rings. The minimum Gasteiger partial charge on any atom is -0.438 e. The van der Waals surface area contributed by atoms with Gasteiger partial charge < -0.3 is 19.7 Å². The molecule has 1 saturated heterocycles. The summed E-state index contributed by atoms with van der Waals surface area (Å²) in [6.45, 7) is 10.1. The molecule has 0 bridgehead atoms. The van der Waals surface area contributed by atoms with Crippen LogP contribution in [0.15, 0.2) is 71.2 Å². The maximum absolute atomic E-state index is 12.4. The summed E-state index contributed by atoms with van der Waals surface area (Å²) in [6, 6.07) is 15.1. The summed E-state index contributed by atoms with van der Waals surface area (Å²) in [7, 11) is 3.00. The van der Waals surface area contributed by atoms with E-state index < -0.39 is 12.3 Å². The van der Waals surface area contributed by atoms with Crippen LogP contribution in [0.25, 0.3) is 11.3 Å². The van der Waals surface area contributed by atoms with Crippen molar-refractivity contribution < 1.29 is 23.0 Å². The van der Waals surface area contributed by atoms with Crippen molar-refractivity contribution in [1.82, 2.24) is 4.90 Å². The van der Waals surface area contributed by atoms with E-state index in [1.54, 1.807) is 24.1 Å². The first-order valence-corrected chi connectivity index (χ1v) is 12.4. The lowest BCUT2D eigenvalue weighted by molar-refractivity contribution is 0.0564. The van der Waals surface area contributed by atoms with Gasteiger partial charge in [-0.25, -0.2) is 4.79 Å². The molecule has 2 amide bonds. The zero-order valence-electron chi connectivity index (χ0n) is 22.4. The van der Waals surface area contributed by atoms with Gasteiger partial charge in [0.25, 0.3) is 5.90 Å². The van der Waals surface area contributed by atoms with Gasteiger partial charge in [-0.05, 0) is 42.2 Å². The van der Waals surface area contributed by atoms with Crippen LogP contribution in [0.3, 0.4) is 0 Å². The molecule has 0 aliphatic carbocycles. The van der Waals surface area contributed by atoms with Crippen LogP contribution in [0.5, 0.6) is 0 Å². The third-order valence-corrected chi connectivity index (χ3v) is 5.64.